The third-order valence-electron chi connectivity index (χ3n) is 7.88. The third kappa shape index (κ3) is 4.40. The molecule has 1 amide bonds. The fourth-order valence-electron chi connectivity index (χ4n) is 6.42. The fraction of sp³-hybridized carbons (Fsp3) is 0.704. The Bertz CT molecular complexity index is 867. The Hall–Kier alpha value is -2.04. The van der Waals surface area contributed by atoms with Gasteiger partial charge in [0.05, 0.1) is 0 Å². The van der Waals surface area contributed by atoms with E-state index in [0.717, 1.165) is 24.8 Å². The molecule has 0 unspecified atom stereocenters. The molecule has 0 saturated carbocycles. The highest BCUT2D eigenvalue weighted by Crippen LogP contribution is 2.56. The quantitative estimate of drug-likeness (QED) is 0.511. The van der Waals surface area contributed by atoms with E-state index >= 15 is 0 Å². The average molecular weight is 442 g/mol. The van der Waals surface area contributed by atoms with Gasteiger partial charge in [0, 0.05) is 43.1 Å². The predicted octanol–water partition coefficient (Wildman–Crippen LogP) is 4.60. The highest BCUT2D eigenvalue weighted by molar-refractivity contribution is 6.11. The van der Waals surface area contributed by atoms with Crippen LogP contribution in [0, 0.1) is 35.0 Å². The van der Waals surface area contributed by atoms with Crippen molar-refractivity contribution in [2.45, 2.75) is 86.1 Å². The van der Waals surface area contributed by atoms with Crippen LogP contribution in [0.15, 0.2) is 23.3 Å². The maximum Gasteiger partial charge on any atom is 0.235 e. The van der Waals surface area contributed by atoms with Crippen molar-refractivity contribution >= 4 is 23.3 Å². The zero-order valence-corrected chi connectivity index (χ0v) is 20.5. The van der Waals surface area contributed by atoms with Crippen LogP contribution in [0.1, 0.15) is 80.1 Å². The summed E-state index contributed by atoms with van der Waals surface area (Å²) in [6.45, 7) is 12.0. The van der Waals surface area contributed by atoms with Gasteiger partial charge in [0.25, 0.3) is 0 Å². The molecule has 2 aliphatic carbocycles. The molecule has 0 aromatic carbocycles. The molecule has 0 radical (unpaired) electrons. The van der Waals surface area contributed by atoms with Gasteiger partial charge in [-0.3, -0.25) is 14.4 Å². The molecule has 3 aliphatic rings. The Morgan fingerprint density at radius 1 is 1.16 bits per heavy atom. The number of rotatable bonds is 4. The van der Waals surface area contributed by atoms with E-state index < -0.39 is 11.3 Å². The number of carbonyl (C=O) groups excluding carboxylic acids is 4. The van der Waals surface area contributed by atoms with Crippen molar-refractivity contribution in [2.75, 3.05) is 0 Å². The Kier molecular flexibility index (Phi) is 7.26. The van der Waals surface area contributed by atoms with Crippen molar-refractivity contribution in [2.24, 2.45) is 35.0 Å². The number of amides is 1. The van der Waals surface area contributed by atoms with E-state index in [1.165, 1.54) is 12.5 Å². The summed E-state index contributed by atoms with van der Waals surface area (Å²) in [6.07, 6.45) is 6.98. The lowest BCUT2D eigenvalue weighted by Crippen LogP contribution is -2.54. The molecule has 0 bridgehead atoms. The summed E-state index contributed by atoms with van der Waals surface area (Å²) in [5.74, 6) is -1.37. The van der Waals surface area contributed by atoms with Crippen LogP contribution in [-0.4, -0.2) is 29.3 Å². The van der Waals surface area contributed by atoms with E-state index in [1.807, 2.05) is 6.92 Å². The first kappa shape index (κ1) is 24.6. The van der Waals surface area contributed by atoms with E-state index in [4.69, 9.17) is 0 Å². The number of Topliss-reactive ketones (excluding diaryl/α,β-unsaturated/α-hetero) is 3. The van der Waals surface area contributed by atoms with Crippen molar-refractivity contribution < 1.29 is 19.2 Å². The molecule has 176 valence electrons. The first-order chi connectivity index (χ1) is 15.0. The molecule has 5 heteroatoms. The molecular weight excluding hydrogens is 402 g/mol. The first-order valence-electron chi connectivity index (χ1n) is 12.2. The van der Waals surface area contributed by atoms with Gasteiger partial charge in [-0.25, -0.2) is 0 Å². The summed E-state index contributed by atoms with van der Waals surface area (Å²) in [6, 6.07) is -0.0971. The van der Waals surface area contributed by atoms with Crippen LogP contribution in [0.5, 0.6) is 0 Å². The largest absolute Gasteiger partial charge is 0.352 e. The maximum atomic E-state index is 14.4. The molecule has 3 rings (SSSR count). The first-order valence-corrected chi connectivity index (χ1v) is 12.2. The predicted molar refractivity (Wildman–Crippen MR) is 125 cm³/mol. The molecule has 1 aliphatic heterocycles. The van der Waals surface area contributed by atoms with E-state index in [9.17, 15) is 19.2 Å². The van der Waals surface area contributed by atoms with Crippen molar-refractivity contribution in [3.63, 3.8) is 0 Å². The van der Waals surface area contributed by atoms with Gasteiger partial charge in [0.2, 0.25) is 5.91 Å². The van der Waals surface area contributed by atoms with Crippen molar-refractivity contribution in [3.05, 3.63) is 23.3 Å². The minimum absolute atomic E-state index is 0.0107. The van der Waals surface area contributed by atoms with Crippen LogP contribution in [0.3, 0.4) is 0 Å². The normalized spacial score (nSPS) is 37.6. The van der Waals surface area contributed by atoms with E-state index in [1.54, 1.807) is 0 Å². The van der Waals surface area contributed by atoms with Gasteiger partial charge in [-0.05, 0) is 51.9 Å². The summed E-state index contributed by atoms with van der Waals surface area (Å²) in [5, 5.41) is 3.21. The number of allylic oxidation sites excluding steroid dienone is 4. The molecule has 0 aromatic rings. The maximum absolute atomic E-state index is 14.4. The van der Waals surface area contributed by atoms with Crippen LogP contribution in [0.25, 0.3) is 0 Å². The van der Waals surface area contributed by atoms with Crippen LogP contribution in [0.4, 0.5) is 0 Å². The van der Waals surface area contributed by atoms with Gasteiger partial charge >= 0.3 is 0 Å². The molecule has 1 saturated heterocycles. The molecular formula is C27H39NO4. The van der Waals surface area contributed by atoms with Crippen LogP contribution < -0.4 is 5.32 Å². The minimum atomic E-state index is -1.26. The Morgan fingerprint density at radius 3 is 2.47 bits per heavy atom. The smallest absolute Gasteiger partial charge is 0.235 e. The summed E-state index contributed by atoms with van der Waals surface area (Å²) in [7, 11) is 0. The molecule has 6 atom stereocenters. The van der Waals surface area contributed by atoms with Crippen molar-refractivity contribution in [1.29, 1.82) is 0 Å². The van der Waals surface area contributed by atoms with Gasteiger partial charge in [-0.2, -0.15) is 0 Å². The Morgan fingerprint density at radius 2 is 1.84 bits per heavy atom. The highest BCUT2D eigenvalue weighted by Gasteiger charge is 2.66. The molecule has 1 spiro atoms. The summed E-state index contributed by atoms with van der Waals surface area (Å²) in [5.41, 5.74) is 1.05. The molecule has 0 aromatic heterocycles. The fourth-order valence-corrected chi connectivity index (χ4v) is 6.42. The number of nitrogens with one attached hydrogen (secondary N) is 1. The van der Waals surface area contributed by atoms with E-state index in [0.29, 0.717) is 12.3 Å². The topological polar surface area (TPSA) is 80.3 Å². The molecule has 1 heterocycles. The number of carbonyl (C=O) groups is 4. The number of hydrogen-bond acceptors (Lipinski definition) is 4. The summed E-state index contributed by atoms with van der Waals surface area (Å²) in [4.78, 5) is 53.0. The van der Waals surface area contributed by atoms with Crippen LogP contribution in [-0.2, 0) is 19.2 Å². The van der Waals surface area contributed by atoms with Gasteiger partial charge in [0.1, 0.15) is 17.0 Å². The lowest BCUT2D eigenvalue weighted by atomic mass is 9.53. The molecule has 5 nitrogen and oxygen atoms in total. The zero-order valence-electron chi connectivity index (χ0n) is 20.5. The molecule has 1 N–H and O–H groups in total. The average Bonchev–Trinajstić information content (AvgIpc) is 2.95. The SMILES string of the molecule is CC(=O)C[C@@H]1CC(=O)CCC/C(C)=C/[C@H]2C=C(C)[C@@H](C)[C@H]3[C@H](CC(C)C)NC(=O)[C@]32C1=O. The van der Waals surface area contributed by atoms with Crippen LogP contribution >= 0.6 is 0 Å². The van der Waals surface area contributed by atoms with Crippen molar-refractivity contribution in [3.8, 4) is 0 Å². The van der Waals surface area contributed by atoms with Crippen molar-refractivity contribution in [1.82, 2.24) is 5.32 Å². The standard InChI is InChI=1S/C27H39NO4/c1-15(2)10-23-24-19(6)17(4)12-21-11-16(3)8-7-9-22(30)14-20(13-18(5)29)25(31)27(21,24)26(32)28-23/h11-12,15,19-21,23-24H,7-10,13-14H2,1-6H3,(H,28,32)/b16-11+/t19-,20-,21+,23+,24+,27+/m1/s1. The second-order valence-electron chi connectivity index (χ2n) is 10.9. The lowest BCUT2D eigenvalue weighted by molar-refractivity contribution is -0.150. The second kappa shape index (κ2) is 9.44. The monoisotopic (exact) mass is 441 g/mol. The zero-order chi connectivity index (χ0) is 23.8. The van der Waals surface area contributed by atoms with Gasteiger partial charge in [0.15, 0.2) is 5.78 Å². The minimum Gasteiger partial charge on any atom is -0.352 e. The molecule has 1 fully saturated rings. The summed E-state index contributed by atoms with van der Waals surface area (Å²) >= 11 is 0. The Labute approximate surface area is 192 Å². The number of ketones is 3. The van der Waals surface area contributed by atoms with Gasteiger partial charge < -0.3 is 10.1 Å². The van der Waals surface area contributed by atoms with Gasteiger partial charge in [-0.1, -0.05) is 44.1 Å². The highest BCUT2D eigenvalue weighted by atomic mass is 16.2. The summed E-state index contributed by atoms with van der Waals surface area (Å²) < 4.78 is 0. The third-order valence-corrected chi connectivity index (χ3v) is 7.88. The Balaban J connectivity index is 2.24. The van der Waals surface area contributed by atoms with Crippen LogP contribution in [0.2, 0.25) is 0 Å². The molecule has 32 heavy (non-hydrogen) atoms. The van der Waals surface area contributed by atoms with E-state index in [-0.39, 0.29) is 59.9 Å². The number of hydrogen-bond donors (Lipinski definition) is 1. The van der Waals surface area contributed by atoms with E-state index in [2.05, 4.69) is 45.2 Å². The van der Waals surface area contributed by atoms with Gasteiger partial charge in [-0.15, -0.1) is 0 Å². The second-order valence-corrected chi connectivity index (χ2v) is 10.9. The lowest BCUT2D eigenvalue weighted by Gasteiger charge is -2.46.